The fraction of sp³-hybridized carbons (Fsp3) is 1.00. The lowest BCUT2D eigenvalue weighted by Crippen LogP contribution is -2.24. The van der Waals surface area contributed by atoms with E-state index in [1.54, 1.807) is 7.11 Å². The maximum absolute atomic E-state index is 9.54. The molecule has 7 nitrogen and oxygen atoms in total. The monoisotopic (exact) mass is 308 g/mol. The maximum Gasteiger partial charge on any atom is 0.101 e. The first-order valence-electron chi connectivity index (χ1n) is 7.62. The van der Waals surface area contributed by atoms with E-state index in [9.17, 15) is 5.11 Å². The van der Waals surface area contributed by atoms with Gasteiger partial charge in [-0.25, -0.2) is 0 Å². The summed E-state index contributed by atoms with van der Waals surface area (Å²) in [6.45, 7) is 5.76. The molecule has 128 valence electrons. The molecule has 0 aromatic heterocycles. The van der Waals surface area contributed by atoms with E-state index in [4.69, 9.17) is 24.7 Å². The van der Waals surface area contributed by atoms with Gasteiger partial charge < -0.3 is 35.1 Å². The first-order valence-corrected chi connectivity index (χ1v) is 7.62. The van der Waals surface area contributed by atoms with Gasteiger partial charge in [-0.2, -0.15) is 0 Å². The molecule has 7 heteroatoms. The molecule has 0 saturated heterocycles. The summed E-state index contributed by atoms with van der Waals surface area (Å²) in [5.41, 5.74) is 5.40. The molecule has 0 heterocycles. The van der Waals surface area contributed by atoms with Crippen molar-refractivity contribution in [2.45, 2.75) is 18.9 Å². The summed E-state index contributed by atoms with van der Waals surface area (Å²) in [7, 11) is 1.61. The second-order valence-corrected chi connectivity index (χ2v) is 4.65. The lowest BCUT2D eigenvalue weighted by atomic mass is 10.3. The molecule has 0 bridgehead atoms. The van der Waals surface area contributed by atoms with Gasteiger partial charge in [0.2, 0.25) is 0 Å². The van der Waals surface area contributed by atoms with Crippen LogP contribution in [0.4, 0.5) is 0 Å². The van der Waals surface area contributed by atoms with E-state index >= 15 is 0 Å². The Hall–Kier alpha value is -0.280. The topological polar surface area (TPSA) is 95.2 Å². The summed E-state index contributed by atoms with van der Waals surface area (Å²) < 4.78 is 20.7. The largest absolute Gasteiger partial charge is 0.388 e. The van der Waals surface area contributed by atoms with Gasteiger partial charge >= 0.3 is 0 Å². The molecule has 1 unspecified atom stereocenters. The smallest absolute Gasteiger partial charge is 0.101 e. The van der Waals surface area contributed by atoms with E-state index < -0.39 is 6.10 Å². The lowest BCUT2D eigenvalue weighted by Gasteiger charge is -2.12. The van der Waals surface area contributed by atoms with Crippen molar-refractivity contribution in [3.8, 4) is 0 Å². The van der Waals surface area contributed by atoms with Crippen LogP contribution in [0.1, 0.15) is 12.8 Å². The Kier molecular flexibility index (Phi) is 17.5. The third kappa shape index (κ3) is 17.7. The van der Waals surface area contributed by atoms with Gasteiger partial charge in [0.05, 0.1) is 46.2 Å². The number of nitrogens with one attached hydrogen (secondary N) is 1. The second kappa shape index (κ2) is 17.8. The molecule has 0 aliphatic rings. The van der Waals surface area contributed by atoms with E-state index in [1.165, 1.54) is 0 Å². The highest BCUT2D eigenvalue weighted by atomic mass is 16.5. The minimum atomic E-state index is -0.605. The molecule has 0 aliphatic carbocycles. The highest BCUT2D eigenvalue weighted by molar-refractivity contribution is 4.51. The Morgan fingerprint density at radius 3 is 2.24 bits per heavy atom. The summed E-state index contributed by atoms with van der Waals surface area (Å²) in [5.74, 6) is 0. The molecule has 1 atom stereocenters. The molecule has 0 saturated carbocycles. The van der Waals surface area contributed by atoms with Gasteiger partial charge in [0.15, 0.2) is 0 Å². The summed E-state index contributed by atoms with van der Waals surface area (Å²) in [6.07, 6.45) is 1.55. The first kappa shape index (κ1) is 20.7. The Morgan fingerprint density at radius 2 is 1.57 bits per heavy atom. The number of hydrogen-bond acceptors (Lipinski definition) is 7. The zero-order valence-electron chi connectivity index (χ0n) is 13.2. The quantitative estimate of drug-likeness (QED) is 0.308. The fourth-order valence-electron chi connectivity index (χ4n) is 1.51. The highest BCUT2D eigenvalue weighted by Crippen LogP contribution is 1.89. The normalized spacial score (nSPS) is 12.7. The van der Waals surface area contributed by atoms with E-state index in [0.717, 1.165) is 32.5 Å². The molecule has 0 rings (SSSR count). The number of nitrogens with two attached hydrogens (primary N) is 1. The summed E-state index contributed by atoms with van der Waals surface area (Å²) in [6, 6.07) is 0. The molecular weight excluding hydrogens is 276 g/mol. The lowest BCUT2D eigenvalue weighted by molar-refractivity contribution is -0.0383. The molecule has 0 radical (unpaired) electrons. The van der Waals surface area contributed by atoms with E-state index in [0.29, 0.717) is 33.0 Å². The van der Waals surface area contributed by atoms with Gasteiger partial charge in [0.25, 0.3) is 0 Å². The van der Waals surface area contributed by atoms with Crippen LogP contribution in [0.15, 0.2) is 0 Å². The van der Waals surface area contributed by atoms with Crippen molar-refractivity contribution in [2.75, 3.05) is 73.0 Å². The molecule has 0 fully saturated rings. The number of rotatable bonds is 17. The molecule has 0 spiro atoms. The third-order valence-electron chi connectivity index (χ3n) is 2.66. The van der Waals surface area contributed by atoms with Crippen molar-refractivity contribution < 1.29 is 24.1 Å². The van der Waals surface area contributed by atoms with Crippen molar-refractivity contribution >= 4 is 0 Å². The highest BCUT2D eigenvalue weighted by Gasteiger charge is 2.04. The van der Waals surface area contributed by atoms with Crippen molar-refractivity contribution in [2.24, 2.45) is 5.73 Å². The molecule has 0 aliphatic heterocycles. The van der Waals surface area contributed by atoms with Gasteiger partial charge in [-0.1, -0.05) is 0 Å². The molecule has 21 heavy (non-hydrogen) atoms. The number of methoxy groups -OCH3 is 1. The van der Waals surface area contributed by atoms with Crippen molar-refractivity contribution in [1.82, 2.24) is 5.32 Å². The zero-order chi connectivity index (χ0) is 15.6. The number of ether oxygens (including phenoxy) is 4. The Morgan fingerprint density at radius 1 is 0.905 bits per heavy atom. The van der Waals surface area contributed by atoms with Gasteiger partial charge in [0.1, 0.15) is 6.10 Å². The summed E-state index contributed by atoms with van der Waals surface area (Å²) in [5, 5.41) is 12.8. The van der Waals surface area contributed by atoms with Crippen LogP contribution in [0.3, 0.4) is 0 Å². The summed E-state index contributed by atoms with van der Waals surface area (Å²) >= 11 is 0. The van der Waals surface area contributed by atoms with Gasteiger partial charge in [-0.3, -0.25) is 0 Å². The van der Waals surface area contributed by atoms with Crippen LogP contribution in [0.2, 0.25) is 0 Å². The van der Waals surface area contributed by atoms with Gasteiger partial charge in [0, 0.05) is 13.7 Å². The van der Waals surface area contributed by atoms with Gasteiger partial charge in [-0.05, 0) is 25.9 Å². The van der Waals surface area contributed by atoms with Crippen LogP contribution in [0, 0.1) is 0 Å². The standard InChI is InChI=1S/C14H32N2O5/c1-18-8-9-20-12-14(17)13-21-11-10-19-7-6-16-5-3-2-4-15/h14,16-17H,2-13,15H2,1H3. The molecule has 4 N–H and O–H groups in total. The Labute approximate surface area is 128 Å². The zero-order valence-corrected chi connectivity index (χ0v) is 13.2. The van der Waals surface area contributed by atoms with Crippen LogP contribution in [0.5, 0.6) is 0 Å². The molecule has 0 amide bonds. The number of unbranched alkanes of at least 4 members (excludes halogenated alkanes) is 1. The summed E-state index contributed by atoms with van der Waals surface area (Å²) in [4.78, 5) is 0. The molecule has 0 aromatic carbocycles. The van der Waals surface area contributed by atoms with E-state index in [1.807, 2.05) is 0 Å². The van der Waals surface area contributed by atoms with Crippen LogP contribution in [-0.2, 0) is 18.9 Å². The number of aliphatic hydroxyl groups excluding tert-OH is 1. The molecule has 0 aromatic rings. The van der Waals surface area contributed by atoms with Crippen molar-refractivity contribution in [1.29, 1.82) is 0 Å². The van der Waals surface area contributed by atoms with Crippen molar-refractivity contribution in [3.05, 3.63) is 0 Å². The van der Waals surface area contributed by atoms with Crippen LogP contribution in [0.25, 0.3) is 0 Å². The van der Waals surface area contributed by atoms with Crippen LogP contribution < -0.4 is 11.1 Å². The third-order valence-corrected chi connectivity index (χ3v) is 2.66. The first-order chi connectivity index (χ1) is 10.3. The molecular formula is C14H32N2O5. The van der Waals surface area contributed by atoms with E-state index in [-0.39, 0.29) is 13.2 Å². The average molecular weight is 308 g/mol. The van der Waals surface area contributed by atoms with E-state index in [2.05, 4.69) is 5.32 Å². The van der Waals surface area contributed by atoms with Crippen LogP contribution >= 0.6 is 0 Å². The number of aliphatic hydroxyl groups is 1. The fourth-order valence-corrected chi connectivity index (χ4v) is 1.51. The predicted molar refractivity (Wildman–Crippen MR) is 81.5 cm³/mol. The van der Waals surface area contributed by atoms with Gasteiger partial charge in [-0.15, -0.1) is 0 Å². The second-order valence-electron chi connectivity index (χ2n) is 4.65. The SMILES string of the molecule is COCCOCC(O)COCCOCCNCCCCN. The minimum Gasteiger partial charge on any atom is -0.388 e. The number of hydrogen-bond donors (Lipinski definition) is 3. The maximum atomic E-state index is 9.54. The Bertz CT molecular complexity index is 198. The minimum absolute atomic E-state index is 0.258. The van der Waals surface area contributed by atoms with Crippen LogP contribution in [-0.4, -0.2) is 84.2 Å². The predicted octanol–water partition coefficient (Wildman–Crippen LogP) is -0.628. The average Bonchev–Trinajstić information content (AvgIpc) is 2.49. The van der Waals surface area contributed by atoms with Crippen molar-refractivity contribution in [3.63, 3.8) is 0 Å². The Balaban J connectivity index is 3.07.